The van der Waals surface area contributed by atoms with E-state index in [9.17, 15) is 19.2 Å². The van der Waals surface area contributed by atoms with Crippen LogP contribution >= 0.6 is 22.6 Å². The van der Waals surface area contributed by atoms with Crippen LogP contribution in [0.2, 0.25) is 0 Å². The van der Waals surface area contributed by atoms with Crippen molar-refractivity contribution in [2.45, 2.75) is 6.61 Å². The summed E-state index contributed by atoms with van der Waals surface area (Å²) in [5.74, 6) is -1.70. The Morgan fingerprint density at radius 2 is 1.84 bits per heavy atom. The van der Waals surface area contributed by atoms with E-state index in [4.69, 9.17) is 9.84 Å². The van der Waals surface area contributed by atoms with Crippen molar-refractivity contribution in [1.82, 2.24) is 0 Å². The number of hydrogen-bond acceptors (Lipinski definition) is 4. The number of anilines is 1. The van der Waals surface area contributed by atoms with Crippen LogP contribution in [0, 0.1) is 20.7 Å². The number of carboxylic acid groups (broad SMARTS) is 1. The molecule has 0 unspecified atom stereocenters. The average molecular weight is 542 g/mol. The van der Waals surface area contributed by atoms with Crippen LogP contribution in [-0.2, 0) is 11.4 Å². The molecule has 0 aromatic heterocycles. The number of nitriles is 1. The minimum absolute atomic E-state index is 0.00614. The Morgan fingerprint density at radius 3 is 2.47 bits per heavy atom. The van der Waals surface area contributed by atoms with Gasteiger partial charge >= 0.3 is 5.97 Å². The molecular weight excluding hydrogens is 526 g/mol. The van der Waals surface area contributed by atoms with Crippen molar-refractivity contribution in [3.05, 3.63) is 98.4 Å². The number of benzene rings is 3. The van der Waals surface area contributed by atoms with Crippen LogP contribution in [0.5, 0.6) is 5.75 Å². The predicted molar refractivity (Wildman–Crippen MR) is 126 cm³/mol. The number of carbonyl (C=O) groups is 2. The van der Waals surface area contributed by atoms with Crippen LogP contribution in [0.1, 0.15) is 21.5 Å². The number of carboxylic acids is 1. The summed E-state index contributed by atoms with van der Waals surface area (Å²) in [5, 5.41) is 20.7. The Bertz CT molecular complexity index is 1230. The highest BCUT2D eigenvalue weighted by molar-refractivity contribution is 14.1. The fourth-order valence-corrected chi connectivity index (χ4v) is 3.39. The lowest BCUT2D eigenvalue weighted by molar-refractivity contribution is -0.112. The van der Waals surface area contributed by atoms with Gasteiger partial charge in [-0.1, -0.05) is 30.3 Å². The second-order valence-electron chi connectivity index (χ2n) is 6.58. The van der Waals surface area contributed by atoms with Gasteiger partial charge in [0.15, 0.2) is 0 Å². The molecule has 0 bridgehead atoms. The number of amides is 1. The van der Waals surface area contributed by atoms with E-state index in [1.54, 1.807) is 36.4 Å². The second kappa shape index (κ2) is 10.5. The Hall–Kier alpha value is -3.71. The van der Waals surface area contributed by atoms with Gasteiger partial charge in [-0.15, -0.1) is 0 Å². The molecule has 0 aliphatic heterocycles. The highest BCUT2D eigenvalue weighted by Gasteiger charge is 2.12. The molecule has 0 aliphatic carbocycles. The molecule has 0 atom stereocenters. The molecule has 6 nitrogen and oxygen atoms in total. The zero-order chi connectivity index (χ0) is 23.1. The molecule has 32 heavy (non-hydrogen) atoms. The first-order chi connectivity index (χ1) is 15.4. The van der Waals surface area contributed by atoms with Crippen LogP contribution in [-0.4, -0.2) is 17.0 Å². The van der Waals surface area contributed by atoms with Crippen LogP contribution in [0.4, 0.5) is 10.1 Å². The quantitative estimate of drug-likeness (QED) is 0.241. The van der Waals surface area contributed by atoms with E-state index < -0.39 is 17.7 Å². The smallest absolute Gasteiger partial charge is 0.335 e. The fourth-order valence-electron chi connectivity index (χ4n) is 2.70. The van der Waals surface area contributed by atoms with Crippen molar-refractivity contribution in [2.24, 2.45) is 0 Å². The maximum Gasteiger partial charge on any atom is 0.335 e. The Balaban J connectivity index is 1.69. The van der Waals surface area contributed by atoms with Gasteiger partial charge in [0.05, 0.1) is 14.8 Å². The van der Waals surface area contributed by atoms with E-state index in [2.05, 4.69) is 27.9 Å². The summed E-state index contributed by atoms with van der Waals surface area (Å²) in [5.41, 5.74) is 1.44. The number of nitrogens with one attached hydrogen (secondary N) is 1. The van der Waals surface area contributed by atoms with Crippen molar-refractivity contribution >= 4 is 46.2 Å². The van der Waals surface area contributed by atoms with E-state index >= 15 is 0 Å². The molecule has 2 N–H and O–H groups in total. The SMILES string of the molecule is N#C/C(=C/c1ccc(OCc2ccc(C(=O)O)cc2)c(I)c1)C(=O)Nc1ccccc1F. The number of ether oxygens (including phenoxy) is 1. The first-order valence-corrected chi connectivity index (χ1v) is 10.4. The van der Waals surface area contributed by atoms with E-state index in [1.165, 1.54) is 36.4 Å². The number of rotatable bonds is 7. The van der Waals surface area contributed by atoms with Gasteiger partial charge in [0.25, 0.3) is 5.91 Å². The highest BCUT2D eigenvalue weighted by atomic mass is 127. The molecule has 0 fully saturated rings. The third kappa shape index (κ3) is 5.92. The summed E-state index contributed by atoms with van der Waals surface area (Å²) < 4.78 is 20.3. The topological polar surface area (TPSA) is 99.4 Å². The zero-order valence-electron chi connectivity index (χ0n) is 16.5. The standard InChI is InChI=1S/C24H16FIN2O4/c25-19-3-1-2-4-21(19)28-23(29)18(13-27)11-16-7-10-22(20(26)12-16)32-14-15-5-8-17(9-6-15)24(30)31/h1-12H,14H2,(H,28,29)(H,30,31)/b18-11-. The van der Waals surface area contributed by atoms with Gasteiger partial charge in [0.2, 0.25) is 0 Å². The largest absolute Gasteiger partial charge is 0.488 e. The van der Waals surface area contributed by atoms with E-state index in [0.717, 1.165) is 9.13 Å². The molecule has 8 heteroatoms. The first kappa shape index (κ1) is 23.0. The molecule has 0 saturated carbocycles. The number of nitrogens with zero attached hydrogens (tertiary/aromatic N) is 1. The average Bonchev–Trinajstić information content (AvgIpc) is 2.78. The maximum absolute atomic E-state index is 13.7. The molecule has 0 saturated heterocycles. The molecule has 0 radical (unpaired) electrons. The molecule has 0 aliphatic rings. The first-order valence-electron chi connectivity index (χ1n) is 9.29. The fraction of sp³-hybridized carbons (Fsp3) is 0.0417. The Kier molecular flexibility index (Phi) is 7.57. The molecule has 1 amide bonds. The third-order valence-corrected chi connectivity index (χ3v) is 5.19. The molecule has 0 spiro atoms. The summed E-state index contributed by atoms with van der Waals surface area (Å²) >= 11 is 2.08. The van der Waals surface area contributed by atoms with Gasteiger partial charge in [-0.25, -0.2) is 9.18 Å². The van der Waals surface area contributed by atoms with Gasteiger partial charge in [0, 0.05) is 0 Å². The maximum atomic E-state index is 13.7. The van der Waals surface area contributed by atoms with Crippen LogP contribution in [0.15, 0.2) is 72.3 Å². The minimum atomic E-state index is -0.991. The molecule has 3 aromatic carbocycles. The molecule has 3 aromatic rings. The number of halogens is 2. The lowest BCUT2D eigenvalue weighted by Crippen LogP contribution is -2.14. The van der Waals surface area contributed by atoms with Gasteiger partial charge in [-0.3, -0.25) is 4.79 Å². The van der Waals surface area contributed by atoms with Crippen molar-refractivity contribution < 1.29 is 23.8 Å². The number of para-hydroxylation sites is 1. The normalized spacial score (nSPS) is 10.8. The van der Waals surface area contributed by atoms with Gasteiger partial charge < -0.3 is 15.2 Å². The third-order valence-electron chi connectivity index (χ3n) is 4.35. The number of hydrogen-bond donors (Lipinski definition) is 2. The zero-order valence-corrected chi connectivity index (χ0v) is 18.7. The highest BCUT2D eigenvalue weighted by Crippen LogP contribution is 2.25. The van der Waals surface area contributed by atoms with E-state index in [1.807, 2.05) is 6.07 Å². The van der Waals surface area contributed by atoms with Crippen LogP contribution in [0.25, 0.3) is 6.08 Å². The van der Waals surface area contributed by atoms with Crippen LogP contribution in [0.3, 0.4) is 0 Å². The predicted octanol–water partition coefficient (Wildman–Crippen LogP) is 5.25. The van der Waals surface area contributed by atoms with Crippen molar-refractivity contribution in [3.63, 3.8) is 0 Å². The Morgan fingerprint density at radius 1 is 1.12 bits per heavy atom. The minimum Gasteiger partial charge on any atom is -0.488 e. The lowest BCUT2D eigenvalue weighted by Gasteiger charge is -2.10. The molecule has 3 rings (SSSR count). The van der Waals surface area contributed by atoms with E-state index in [-0.39, 0.29) is 23.4 Å². The number of aromatic carboxylic acids is 1. The van der Waals surface area contributed by atoms with Crippen LogP contribution < -0.4 is 10.1 Å². The summed E-state index contributed by atoms with van der Waals surface area (Å²) in [6, 6.07) is 19.1. The van der Waals surface area contributed by atoms with Gasteiger partial charge in [-0.05, 0) is 76.2 Å². The summed E-state index contributed by atoms with van der Waals surface area (Å²) in [4.78, 5) is 23.3. The van der Waals surface area contributed by atoms with Gasteiger partial charge in [-0.2, -0.15) is 5.26 Å². The second-order valence-corrected chi connectivity index (χ2v) is 7.75. The molecule has 0 heterocycles. The summed E-state index contributed by atoms with van der Waals surface area (Å²) in [6.07, 6.45) is 1.41. The summed E-state index contributed by atoms with van der Waals surface area (Å²) in [6.45, 7) is 0.250. The molecular formula is C24H16FIN2O4. The van der Waals surface area contributed by atoms with Crippen molar-refractivity contribution in [1.29, 1.82) is 5.26 Å². The Labute approximate surface area is 197 Å². The van der Waals surface area contributed by atoms with E-state index in [0.29, 0.717) is 11.3 Å². The van der Waals surface area contributed by atoms with Gasteiger partial charge in [0.1, 0.15) is 29.8 Å². The monoisotopic (exact) mass is 542 g/mol. The molecule has 160 valence electrons. The van der Waals surface area contributed by atoms with Crippen molar-refractivity contribution in [3.8, 4) is 11.8 Å². The summed E-state index contributed by atoms with van der Waals surface area (Å²) in [7, 11) is 0. The lowest BCUT2D eigenvalue weighted by atomic mass is 10.1. The van der Waals surface area contributed by atoms with Crippen molar-refractivity contribution in [2.75, 3.05) is 5.32 Å². The number of carbonyl (C=O) groups excluding carboxylic acids is 1.